The van der Waals surface area contributed by atoms with E-state index in [1.54, 1.807) is 17.0 Å². The van der Waals surface area contributed by atoms with Gasteiger partial charge in [-0.2, -0.15) is 0 Å². The second-order valence-electron chi connectivity index (χ2n) is 5.27. The van der Waals surface area contributed by atoms with E-state index >= 15 is 0 Å². The molecule has 1 amide bonds. The van der Waals surface area contributed by atoms with Crippen molar-refractivity contribution in [2.75, 3.05) is 10.6 Å². The van der Waals surface area contributed by atoms with Crippen LogP contribution in [0, 0.1) is 5.82 Å². The second-order valence-corrected chi connectivity index (χ2v) is 6.19. The minimum Gasteiger partial charge on any atom is -0.399 e. The summed E-state index contributed by atoms with van der Waals surface area (Å²) in [6.07, 6.45) is 0.753. The lowest BCUT2D eigenvalue weighted by atomic mass is 10.1. The van der Waals surface area contributed by atoms with E-state index in [1.807, 2.05) is 19.1 Å². The predicted molar refractivity (Wildman–Crippen MR) is 84.9 cm³/mol. The summed E-state index contributed by atoms with van der Waals surface area (Å²) in [4.78, 5) is 14.4. The molecule has 1 unspecified atom stereocenters. The number of nitrogens with two attached hydrogens (primary N) is 1. The maximum absolute atomic E-state index is 13.5. The van der Waals surface area contributed by atoms with Gasteiger partial charge in [0.2, 0.25) is 0 Å². The first-order chi connectivity index (χ1) is 9.95. The molecule has 1 heterocycles. The van der Waals surface area contributed by atoms with Crippen LogP contribution in [0.1, 0.15) is 22.8 Å². The summed E-state index contributed by atoms with van der Waals surface area (Å²) in [5, 5.41) is 0. The highest BCUT2D eigenvalue weighted by Crippen LogP contribution is 2.34. The molecule has 2 aromatic rings. The van der Waals surface area contributed by atoms with Crippen LogP contribution in [0.25, 0.3) is 0 Å². The molecule has 2 N–H and O–H groups in total. The van der Waals surface area contributed by atoms with Crippen molar-refractivity contribution in [3.05, 3.63) is 57.8 Å². The van der Waals surface area contributed by atoms with Gasteiger partial charge in [-0.3, -0.25) is 4.79 Å². The van der Waals surface area contributed by atoms with Crippen molar-refractivity contribution in [1.29, 1.82) is 0 Å². The normalized spacial score (nSPS) is 16.9. The molecule has 0 aliphatic carbocycles. The molecular formula is C16H14BrFN2O. The highest BCUT2D eigenvalue weighted by atomic mass is 79.9. The molecule has 1 aliphatic rings. The molecule has 0 aromatic heterocycles. The Hall–Kier alpha value is -1.88. The summed E-state index contributed by atoms with van der Waals surface area (Å²) in [5.74, 6) is -0.636. The number of fused-ring (bicyclic) bond motifs is 1. The minimum atomic E-state index is -0.433. The molecule has 0 saturated heterocycles. The summed E-state index contributed by atoms with van der Waals surface area (Å²) in [5.41, 5.74) is 8.70. The molecule has 5 heteroatoms. The van der Waals surface area contributed by atoms with Crippen LogP contribution in [0.2, 0.25) is 0 Å². The lowest BCUT2D eigenvalue weighted by Gasteiger charge is -2.23. The Kier molecular flexibility index (Phi) is 3.45. The Morgan fingerprint density at radius 2 is 2.10 bits per heavy atom. The van der Waals surface area contributed by atoms with Crippen LogP contribution >= 0.6 is 15.9 Å². The van der Waals surface area contributed by atoms with Gasteiger partial charge < -0.3 is 10.6 Å². The van der Waals surface area contributed by atoms with Crippen LogP contribution in [-0.2, 0) is 6.42 Å². The van der Waals surface area contributed by atoms with Gasteiger partial charge in [-0.05, 0) is 55.3 Å². The lowest BCUT2D eigenvalue weighted by molar-refractivity contribution is 0.0981. The van der Waals surface area contributed by atoms with Gasteiger partial charge in [0.25, 0.3) is 5.91 Å². The zero-order valence-electron chi connectivity index (χ0n) is 11.4. The summed E-state index contributed by atoms with van der Waals surface area (Å²) in [7, 11) is 0. The maximum atomic E-state index is 13.5. The summed E-state index contributed by atoms with van der Waals surface area (Å²) in [6, 6.07) is 9.76. The highest BCUT2D eigenvalue weighted by Gasteiger charge is 2.31. The lowest BCUT2D eigenvalue weighted by Crippen LogP contribution is -2.35. The van der Waals surface area contributed by atoms with Crippen molar-refractivity contribution < 1.29 is 9.18 Å². The number of anilines is 2. The standard InChI is InChI=1S/C16H14BrFN2O/c1-9-4-10-7-14(19)2-3-15(10)20(9)16(21)11-5-12(17)8-13(18)6-11/h2-3,5-9H,4,19H2,1H3. The molecule has 2 aromatic carbocycles. The van der Waals surface area contributed by atoms with E-state index in [0.29, 0.717) is 15.7 Å². The quantitative estimate of drug-likeness (QED) is 0.797. The van der Waals surface area contributed by atoms with Gasteiger partial charge in [-0.1, -0.05) is 15.9 Å². The van der Waals surface area contributed by atoms with E-state index in [9.17, 15) is 9.18 Å². The van der Waals surface area contributed by atoms with Crippen molar-refractivity contribution >= 4 is 33.2 Å². The van der Waals surface area contributed by atoms with E-state index in [1.165, 1.54) is 12.1 Å². The monoisotopic (exact) mass is 348 g/mol. The fourth-order valence-corrected chi connectivity index (χ4v) is 3.24. The van der Waals surface area contributed by atoms with Gasteiger partial charge in [0.15, 0.2) is 0 Å². The fraction of sp³-hybridized carbons (Fsp3) is 0.188. The number of benzene rings is 2. The summed E-state index contributed by atoms with van der Waals surface area (Å²) in [6.45, 7) is 1.97. The average Bonchev–Trinajstić information content (AvgIpc) is 2.71. The highest BCUT2D eigenvalue weighted by molar-refractivity contribution is 9.10. The SMILES string of the molecule is CC1Cc2cc(N)ccc2N1C(=O)c1cc(F)cc(Br)c1. The van der Waals surface area contributed by atoms with Crippen LogP contribution in [0.5, 0.6) is 0 Å². The predicted octanol–water partition coefficient (Wildman–Crippen LogP) is 3.76. The van der Waals surface area contributed by atoms with E-state index in [2.05, 4.69) is 15.9 Å². The van der Waals surface area contributed by atoms with E-state index in [0.717, 1.165) is 17.7 Å². The number of hydrogen-bond acceptors (Lipinski definition) is 2. The van der Waals surface area contributed by atoms with Gasteiger partial charge in [0.1, 0.15) is 5.82 Å². The summed E-state index contributed by atoms with van der Waals surface area (Å²) < 4.78 is 14.1. The third-order valence-electron chi connectivity index (χ3n) is 3.65. The number of amides is 1. The van der Waals surface area contributed by atoms with E-state index < -0.39 is 5.82 Å². The average molecular weight is 349 g/mol. The van der Waals surface area contributed by atoms with Crippen molar-refractivity contribution in [2.45, 2.75) is 19.4 Å². The minimum absolute atomic E-state index is 0.0244. The molecular weight excluding hydrogens is 335 g/mol. The zero-order valence-corrected chi connectivity index (χ0v) is 13.0. The molecule has 3 rings (SSSR count). The Morgan fingerprint density at radius 3 is 2.81 bits per heavy atom. The van der Waals surface area contributed by atoms with Crippen LogP contribution in [0.3, 0.4) is 0 Å². The number of rotatable bonds is 1. The first-order valence-corrected chi connectivity index (χ1v) is 7.43. The van der Waals surface area contributed by atoms with Crippen LogP contribution in [-0.4, -0.2) is 11.9 Å². The number of nitrogens with zero attached hydrogens (tertiary/aromatic N) is 1. The van der Waals surface area contributed by atoms with Crippen molar-refractivity contribution in [3.8, 4) is 0 Å². The van der Waals surface area contributed by atoms with Gasteiger partial charge >= 0.3 is 0 Å². The Morgan fingerprint density at radius 1 is 1.33 bits per heavy atom. The Balaban J connectivity index is 2.02. The van der Waals surface area contributed by atoms with Gasteiger partial charge in [0.05, 0.1) is 0 Å². The topological polar surface area (TPSA) is 46.3 Å². The van der Waals surface area contributed by atoms with Crippen molar-refractivity contribution in [2.24, 2.45) is 0 Å². The zero-order chi connectivity index (χ0) is 15.1. The third kappa shape index (κ3) is 2.53. The summed E-state index contributed by atoms with van der Waals surface area (Å²) >= 11 is 3.22. The van der Waals surface area contributed by atoms with Gasteiger partial charge in [-0.15, -0.1) is 0 Å². The molecule has 1 atom stereocenters. The van der Waals surface area contributed by atoms with E-state index in [-0.39, 0.29) is 11.9 Å². The van der Waals surface area contributed by atoms with Crippen molar-refractivity contribution in [1.82, 2.24) is 0 Å². The number of halogens is 2. The van der Waals surface area contributed by atoms with Crippen LogP contribution in [0.4, 0.5) is 15.8 Å². The maximum Gasteiger partial charge on any atom is 0.258 e. The van der Waals surface area contributed by atoms with Crippen molar-refractivity contribution in [3.63, 3.8) is 0 Å². The van der Waals surface area contributed by atoms with Crippen LogP contribution < -0.4 is 10.6 Å². The molecule has 0 bridgehead atoms. The number of nitrogen functional groups attached to an aromatic ring is 1. The molecule has 21 heavy (non-hydrogen) atoms. The van der Waals surface area contributed by atoms with Gasteiger partial charge in [0, 0.05) is 27.5 Å². The molecule has 0 saturated carbocycles. The molecule has 108 valence electrons. The largest absolute Gasteiger partial charge is 0.399 e. The third-order valence-corrected chi connectivity index (χ3v) is 4.11. The first kappa shape index (κ1) is 14.1. The number of carbonyl (C=O) groups excluding carboxylic acids is 1. The number of hydrogen-bond donors (Lipinski definition) is 1. The molecule has 3 nitrogen and oxygen atoms in total. The smallest absolute Gasteiger partial charge is 0.258 e. The molecule has 0 fully saturated rings. The number of carbonyl (C=O) groups is 1. The fourth-order valence-electron chi connectivity index (χ4n) is 2.78. The first-order valence-electron chi connectivity index (χ1n) is 6.64. The Labute approximate surface area is 130 Å². The molecule has 0 radical (unpaired) electrons. The molecule has 1 aliphatic heterocycles. The Bertz CT molecular complexity index is 712. The molecule has 0 spiro atoms. The van der Waals surface area contributed by atoms with Gasteiger partial charge in [-0.25, -0.2) is 4.39 Å². The second kappa shape index (κ2) is 5.15. The van der Waals surface area contributed by atoms with E-state index in [4.69, 9.17) is 5.73 Å². The van der Waals surface area contributed by atoms with Crippen LogP contribution in [0.15, 0.2) is 40.9 Å².